The number of nitrogens with one attached hydrogen (secondary N) is 1. The number of phenols is 1. The molecule has 0 aromatic heterocycles. The molecule has 2 aromatic carbocycles. The number of rotatable bonds is 6. The minimum Gasteiger partial charge on any atom is -0.504 e. The molecule has 0 radical (unpaired) electrons. The van der Waals surface area contributed by atoms with Gasteiger partial charge in [0.25, 0.3) is 0 Å². The van der Waals surface area contributed by atoms with Gasteiger partial charge in [-0.1, -0.05) is 18.2 Å². The van der Waals surface area contributed by atoms with E-state index in [9.17, 15) is 5.11 Å². The van der Waals surface area contributed by atoms with Gasteiger partial charge in [-0.2, -0.15) is 0 Å². The Morgan fingerprint density at radius 3 is 2.60 bits per heavy atom. The molecule has 0 aliphatic heterocycles. The van der Waals surface area contributed by atoms with Gasteiger partial charge < -0.3 is 19.9 Å². The third kappa shape index (κ3) is 3.35. The molecule has 20 heavy (non-hydrogen) atoms. The summed E-state index contributed by atoms with van der Waals surface area (Å²) < 4.78 is 10.6. The molecule has 0 unspecified atom stereocenters. The molecule has 2 N–H and O–H groups in total. The topological polar surface area (TPSA) is 50.7 Å². The summed E-state index contributed by atoms with van der Waals surface area (Å²) in [6.07, 6.45) is 0. The van der Waals surface area contributed by atoms with E-state index in [1.807, 2.05) is 37.3 Å². The monoisotopic (exact) mass is 273 g/mol. The van der Waals surface area contributed by atoms with Gasteiger partial charge in [0.05, 0.1) is 13.7 Å². The molecule has 0 bridgehead atoms. The lowest BCUT2D eigenvalue weighted by Crippen LogP contribution is -2.03. The number of methoxy groups -OCH3 is 1. The van der Waals surface area contributed by atoms with Gasteiger partial charge >= 0.3 is 0 Å². The molecule has 2 aromatic rings. The zero-order valence-corrected chi connectivity index (χ0v) is 11.7. The van der Waals surface area contributed by atoms with Crippen LogP contribution in [0, 0.1) is 0 Å². The van der Waals surface area contributed by atoms with Gasteiger partial charge in [0, 0.05) is 23.9 Å². The van der Waals surface area contributed by atoms with Crippen molar-refractivity contribution in [1.29, 1.82) is 0 Å². The molecule has 0 saturated heterocycles. The third-order valence-corrected chi connectivity index (χ3v) is 2.93. The largest absolute Gasteiger partial charge is 0.504 e. The van der Waals surface area contributed by atoms with Gasteiger partial charge in [0.1, 0.15) is 5.75 Å². The van der Waals surface area contributed by atoms with Crippen LogP contribution in [-0.4, -0.2) is 18.8 Å². The first kappa shape index (κ1) is 14.1. The van der Waals surface area contributed by atoms with E-state index in [1.54, 1.807) is 12.1 Å². The molecule has 0 amide bonds. The van der Waals surface area contributed by atoms with E-state index in [0.717, 1.165) is 17.0 Å². The van der Waals surface area contributed by atoms with Crippen molar-refractivity contribution < 1.29 is 14.6 Å². The highest BCUT2D eigenvalue weighted by molar-refractivity contribution is 5.54. The van der Waals surface area contributed by atoms with Crippen LogP contribution in [0.1, 0.15) is 12.5 Å². The Kier molecular flexibility index (Phi) is 4.71. The van der Waals surface area contributed by atoms with E-state index in [2.05, 4.69) is 5.32 Å². The fraction of sp³-hybridized carbons (Fsp3) is 0.250. The summed E-state index contributed by atoms with van der Waals surface area (Å²) in [5, 5.41) is 13.0. The first-order valence-corrected chi connectivity index (χ1v) is 6.56. The molecule has 0 fully saturated rings. The predicted molar refractivity (Wildman–Crippen MR) is 79.6 cm³/mol. The van der Waals surface area contributed by atoms with Crippen LogP contribution in [-0.2, 0) is 6.54 Å². The molecule has 0 spiro atoms. The maximum atomic E-state index is 9.74. The van der Waals surface area contributed by atoms with Gasteiger partial charge in [0.2, 0.25) is 0 Å². The first-order chi connectivity index (χ1) is 9.74. The van der Waals surface area contributed by atoms with E-state index in [0.29, 0.717) is 18.9 Å². The van der Waals surface area contributed by atoms with E-state index >= 15 is 0 Å². The van der Waals surface area contributed by atoms with Crippen molar-refractivity contribution in [2.45, 2.75) is 13.5 Å². The zero-order chi connectivity index (χ0) is 14.4. The second kappa shape index (κ2) is 6.70. The number of anilines is 1. The highest BCUT2D eigenvalue weighted by Crippen LogP contribution is 2.29. The van der Waals surface area contributed by atoms with Crippen LogP contribution in [0.2, 0.25) is 0 Å². The van der Waals surface area contributed by atoms with Crippen molar-refractivity contribution in [2.24, 2.45) is 0 Å². The number of aromatic hydroxyl groups is 1. The molecule has 0 aliphatic rings. The van der Waals surface area contributed by atoms with Crippen molar-refractivity contribution in [3.8, 4) is 17.2 Å². The van der Waals surface area contributed by atoms with Crippen LogP contribution in [0.4, 0.5) is 5.69 Å². The summed E-state index contributed by atoms with van der Waals surface area (Å²) in [4.78, 5) is 0. The number of phenolic OH excluding ortho intramolecular Hbond substituents is 1. The van der Waals surface area contributed by atoms with Crippen LogP contribution in [0.3, 0.4) is 0 Å². The molecule has 0 atom stereocenters. The van der Waals surface area contributed by atoms with Crippen molar-refractivity contribution in [3.05, 3.63) is 48.0 Å². The van der Waals surface area contributed by atoms with E-state index in [1.165, 1.54) is 7.11 Å². The molecule has 2 rings (SSSR count). The fourth-order valence-electron chi connectivity index (χ4n) is 1.94. The summed E-state index contributed by atoms with van der Waals surface area (Å²) in [6.45, 7) is 3.23. The summed E-state index contributed by atoms with van der Waals surface area (Å²) in [6, 6.07) is 13.1. The minimum absolute atomic E-state index is 0.121. The highest BCUT2D eigenvalue weighted by atomic mass is 16.5. The SMILES string of the molecule is CCOc1ccccc1CNc1ccc(OC)c(O)c1. The molecule has 0 heterocycles. The Labute approximate surface area is 119 Å². The summed E-state index contributed by atoms with van der Waals surface area (Å²) in [5.41, 5.74) is 1.90. The van der Waals surface area contributed by atoms with Crippen molar-refractivity contribution >= 4 is 5.69 Å². The second-order valence-corrected chi connectivity index (χ2v) is 4.28. The Morgan fingerprint density at radius 1 is 1.10 bits per heavy atom. The lowest BCUT2D eigenvalue weighted by Gasteiger charge is -2.12. The fourth-order valence-corrected chi connectivity index (χ4v) is 1.94. The van der Waals surface area contributed by atoms with Crippen LogP contribution in [0.15, 0.2) is 42.5 Å². The second-order valence-electron chi connectivity index (χ2n) is 4.28. The summed E-state index contributed by atoms with van der Waals surface area (Å²) in [7, 11) is 1.53. The van der Waals surface area contributed by atoms with Crippen LogP contribution in [0.25, 0.3) is 0 Å². The number of hydrogen-bond donors (Lipinski definition) is 2. The van der Waals surface area contributed by atoms with Crippen molar-refractivity contribution in [3.63, 3.8) is 0 Å². The van der Waals surface area contributed by atoms with Gasteiger partial charge in [-0.15, -0.1) is 0 Å². The molecular formula is C16H19NO3. The summed E-state index contributed by atoms with van der Waals surface area (Å²) in [5.74, 6) is 1.46. The number of benzene rings is 2. The number of hydrogen-bond acceptors (Lipinski definition) is 4. The van der Waals surface area contributed by atoms with Gasteiger partial charge in [-0.3, -0.25) is 0 Å². The lowest BCUT2D eigenvalue weighted by molar-refractivity contribution is 0.337. The Bertz CT molecular complexity index is 569. The van der Waals surface area contributed by atoms with Crippen molar-refractivity contribution in [2.75, 3.05) is 19.0 Å². The number of ether oxygens (including phenoxy) is 2. The number of para-hydroxylation sites is 1. The molecule has 4 heteroatoms. The van der Waals surface area contributed by atoms with Gasteiger partial charge in [0.15, 0.2) is 11.5 Å². The molecule has 0 aliphatic carbocycles. The molecule has 0 saturated carbocycles. The average molecular weight is 273 g/mol. The maximum Gasteiger partial charge on any atom is 0.160 e. The molecule has 4 nitrogen and oxygen atoms in total. The first-order valence-electron chi connectivity index (χ1n) is 6.56. The average Bonchev–Trinajstić information content (AvgIpc) is 2.47. The quantitative estimate of drug-likeness (QED) is 0.846. The summed E-state index contributed by atoms with van der Waals surface area (Å²) >= 11 is 0. The lowest BCUT2D eigenvalue weighted by atomic mass is 10.2. The Hall–Kier alpha value is -2.36. The standard InChI is InChI=1S/C16H19NO3/c1-3-20-15-7-5-4-6-12(15)11-17-13-8-9-16(19-2)14(18)10-13/h4-10,17-18H,3,11H2,1-2H3. The van der Waals surface area contributed by atoms with E-state index in [-0.39, 0.29) is 5.75 Å². The smallest absolute Gasteiger partial charge is 0.160 e. The van der Waals surface area contributed by atoms with E-state index < -0.39 is 0 Å². The van der Waals surface area contributed by atoms with Gasteiger partial charge in [-0.25, -0.2) is 0 Å². The predicted octanol–water partition coefficient (Wildman–Crippen LogP) is 3.41. The molecule has 106 valence electrons. The van der Waals surface area contributed by atoms with E-state index in [4.69, 9.17) is 9.47 Å². The normalized spacial score (nSPS) is 10.1. The van der Waals surface area contributed by atoms with Crippen molar-refractivity contribution in [1.82, 2.24) is 0 Å². The minimum atomic E-state index is 0.121. The maximum absolute atomic E-state index is 9.74. The zero-order valence-electron chi connectivity index (χ0n) is 11.7. The van der Waals surface area contributed by atoms with Crippen LogP contribution in [0.5, 0.6) is 17.2 Å². The van der Waals surface area contributed by atoms with Crippen LogP contribution < -0.4 is 14.8 Å². The third-order valence-electron chi connectivity index (χ3n) is 2.93. The van der Waals surface area contributed by atoms with Gasteiger partial charge in [-0.05, 0) is 25.1 Å². The Morgan fingerprint density at radius 2 is 1.90 bits per heavy atom. The highest BCUT2D eigenvalue weighted by Gasteiger charge is 2.04. The van der Waals surface area contributed by atoms with Crippen LogP contribution >= 0.6 is 0 Å². The molecular weight excluding hydrogens is 254 g/mol. The Balaban J connectivity index is 2.07.